The molecule has 0 saturated heterocycles. The number of nitrogens with two attached hydrogens (primary N) is 3. The Hall–Kier alpha value is -4.48. The van der Waals surface area contributed by atoms with Gasteiger partial charge in [0.1, 0.15) is 30.2 Å². The summed E-state index contributed by atoms with van der Waals surface area (Å²) in [5.74, 6) is -6.83. The summed E-state index contributed by atoms with van der Waals surface area (Å²) < 4.78 is 0. The second-order valence-electron chi connectivity index (χ2n) is 11.8. The van der Waals surface area contributed by atoms with Crippen LogP contribution in [0.15, 0.2) is 4.99 Å². The summed E-state index contributed by atoms with van der Waals surface area (Å²) in [7, 11) is 0. The molecule has 0 bridgehead atoms. The molecule has 18 nitrogen and oxygen atoms in total. The molecule has 0 aromatic carbocycles. The van der Waals surface area contributed by atoms with Gasteiger partial charge in [0, 0.05) is 13.0 Å². The van der Waals surface area contributed by atoms with E-state index in [4.69, 9.17) is 27.4 Å². The van der Waals surface area contributed by atoms with E-state index in [2.05, 4.69) is 31.6 Å². The van der Waals surface area contributed by atoms with Crippen molar-refractivity contribution in [3.63, 3.8) is 0 Å². The van der Waals surface area contributed by atoms with Crippen LogP contribution >= 0.6 is 0 Å². The number of carboxylic acid groups (broad SMARTS) is 2. The SMILES string of the molecule is CC(C)C[C@H](NC(=O)[C@@H](NC(=O)[C@@H](N)CCCN=C(N)N)C(C)C)C(=O)N[C@@H](C)C(=O)N[C@@H](CCC(=O)O)C(=O)N[C@@H](C)C(=O)O. The maximum atomic E-state index is 13.3. The lowest BCUT2D eigenvalue weighted by Gasteiger charge is -2.28. The molecule has 18 heteroatoms. The molecule has 0 aromatic rings. The minimum absolute atomic E-state index is 0.0776. The number of hydrogen-bond donors (Lipinski definition) is 10. The first-order valence-electron chi connectivity index (χ1n) is 15.0. The van der Waals surface area contributed by atoms with E-state index in [1.807, 2.05) is 13.8 Å². The zero-order valence-corrected chi connectivity index (χ0v) is 27.3. The standard InChI is InChI=1S/C28H51N9O9/c1-13(2)12-19(36-26(44)21(14(3)4)37-23(41)17(29)8-7-11-32-28(30)31)25(43)33-15(5)22(40)35-18(9-10-20(38)39)24(42)34-16(6)27(45)46/h13-19,21H,7-12,29H2,1-6H3,(H,33,43)(H,34,42)(H,35,40)(H,36,44)(H,37,41)(H,38,39)(H,45,46)(H4,30,31,32)/t15-,16-,17-,18-,19-,21-/m0/s1. The molecular weight excluding hydrogens is 606 g/mol. The number of nitrogens with zero attached hydrogens (tertiary/aromatic N) is 1. The van der Waals surface area contributed by atoms with Crippen LogP contribution in [0.3, 0.4) is 0 Å². The summed E-state index contributed by atoms with van der Waals surface area (Å²) in [5, 5.41) is 30.3. The Morgan fingerprint density at radius 1 is 0.674 bits per heavy atom. The molecule has 13 N–H and O–H groups in total. The van der Waals surface area contributed by atoms with Crippen LogP contribution in [0.5, 0.6) is 0 Å². The average molecular weight is 658 g/mol. The quantitative estimate of drug-likeness (QED) is 0.0347. The van der Waals surface area contributed by atoms with Crippen LogP contribution in [0.25, 0.3) is 0 Å². The first-order chi connectivity index (χ1) is 21.3. The van der Waals surface area contributed by atoms with Crippen molar-refractivity contribution in [1.82, 2.24) is 26.6 Å². The van der Waals surface area contributed by atoms with Crippen LogP contribution in [0, 0.1) is 11.8 Å². The Morgan fingerprint density at radius 2 is 1.22 bits per heavy atom. The third-order valence-corrected chi connectivity index (χ3v) is 6.65. The fourth-order valence-electron chi connectivity index (χ4n) is 4.00. The van der Waals surface area contributed by atoms with E-state index in [0.717, 1.165) is 0 Å². The van der Waals surface area contributed by atoms with Crippen molar-refractivity contribution >= 4 is 47.4 Å². The van der Waals surface area contributed by atoms with Crippen LogP contribution in [0.4, 0.5) is 0 Å². The molecule has 0 aliphatic heterocycles. The Balaban J connectivity index is 5.57. The van der Waals surface area contributed by atoms with Crippen LogP contribution < -0.4 is 43.8 Å². The van der Waals surface area contributed by atoms with Crippen molar-refractivity contribution in [2.75, 3.05) is 6.54 Å². The minimum Gasteiger partial charge on any atom is -0.481 e. The van der Waals surface area contributed by atoms with Gasteiger partial charge in [0.2, 0.25) is 29.5 Å². The van der Waals surface area contributed by atoms with Crippen LogP contribution in [-0.4, -0.2) is 100 Å². The normalized spacial score (nSPS) is 14.9. The number of guanidine groups is 1. The van der Waals surface area contributed by atoms with E-state index in [9.17, 15) is 33.6 Å². The highest BCUT2D eigenvalue weighted by Crippen LogP contribution is 2.09. The second-order valence-corrected chi connectivity index (χ2v) is 11.8. The van der Waals surface area contributed by atoms with Gasteiger partial charge in [0.05, 0.1) is 6.04 Å². The molecule has 262 valence electrons. The summed E-state index contributed by atoms with van der Waals surface area (Å²) in [6.07, 6.45) is 0.0179. The molecule has 0 unspecified atom stereocenters. The van der Waals surface area contributed by atoms with Crippen molar-refractivity contribution < 1.29 is 43.8 Å². The third-order valence-electron chi connectivity index (χ3n) is 6.65. The summed E-state index contributed by atoms with van der Waals surface area (Å²) in [4.78, 5) is 90.7. The Morgan fingerprint density at radius 3 is 1.72 bits per heavy atom. The first kappa shape index (κ1) is 41.5. The highest BCUT2D eigenvalue weighted by molar-refractivity contribution is 5.96. The molecule has 0 aliphatic rings. The van der Waals surface area contributed by atoms with Gasteiger partial charge in [0.15, 0.2) is 5.96 Å². The summed E-state index contributed by atoms with van der Waals surface area (Å²) >= 11 is 0. The lowest BCUT2D eigenvalue weighted by atomic mass is 9.99. The van der Waals surface area contributed by atoms with E-state index in [1.54, 1.807) is 13.8 Å². The zero-order chi connectivity index (χ0) is 35.7. The van der Waals surface area contributed by atoms with Gasteiger partial charge in [-0.05, 0) is 51.4 Å². The maximum Gasteiger partial charge on any atom is 0.325 e. The first-order valence-corrected chi connectivity index (χ1v) is 15.0. The van der Waals surface area contributed by atoms with Crippen molar-refractivity contribution in [3.8, 4) is 0 Å². The predicted molar refractivity (Wildman–Crippen MR) is 168 cm³/mol. The largest absolute Gasteiger partial charge is 0.481 e. The Bertz CT molecular complexity index is 1110. The summed E-state index contributed by atoms with van der Waals surface area (Å²) in [6, 6.07) is -7.04. The van der Waals surface area contributed by atoms with Crippen LogP contribution in [-0.2, 0) is 33.6 Å². The van der Waals surface area contributed by atoms with Gasteiger partial charge < -0.3 is 54.0 Å². The number of rotatable bonds is 21. The van der Waals surface area contributed by atoms with E-state index in [1.165, 1.54) is 13.8 Å². The topological polar surface area (TPSA) is 311 Å². The number of carbonyl (C=O) groups is 7. The molecule has 0 aliphatic carbocycles. The van der Waals surface area contributed by atoms with Gasteiger partial charge in [-0.25, -0.2) is 0 Å². The maximum absolute atomic E-state index is 13.3. The van der Waals surface area contributed by atoms with E-state index in [-0.39, 0.29) is 43.6 Å². The second kappa shape index (κ2) is 20.5. The van der Waals surface area contributed by atoms with Crippen molar-refractivity contribution in [1.29, 1.82) is 0 Å². The molecule has 0 radical (unpaired) electrons. The Labute approximate surface area is 268 Å². The lowest BCUT2D eigenvalue weighted by molar-refractivity contribution is -0.142. The Kier molecular flexibility index (Phi) is 18.5. The summed E-state index contributed by atoms with van der Waals surface area (Å²) in [6.45, 7) is 9.83. The number of carboxylic acids is 2. The average Bonchev–Trinajstić information content (AvgIpc) is 2.94. The molecule has 6 atom stereocenters. The smallest absolute Gasteiger partial charge is 0.325 e. The van der Waals surface area contributed by atoms with Gasteiger partial charge in [-0.15, -0.1) is 0 Å². The molecule has 5 amide bonds. The van der Waals surface area contributed by atoms with Crippen molar-refractivity contribution in [2.24, 2.45) is 34.0 Å². The molecule has 0 heterocycles. The molecule has 0 fully saturated rings. The van der Waals surface area contributed by atoms with Gasteiger partial charge >= 0.3 is 11.9 Å². The fourth-order valence-corrected chi connectivity index (χ4v) is 4.00. The van der Waals surface area contributed by atoms with Crippen LogP contribution in [0.2, 0.25) is 0 Å². The van der Waals surface area contributed by atoms with Gasteiger partial charge in [-0.2, -0.15) is 0 Å². The van der Waals surface area contributed by atoms with Gasteiger partial charge in [-0.1, -0.05) is 27.7 Å². The number of aliphatic carboxylic acids is 2. The molecule has 0 aromatic heterocycles. The third kappa shape index (κ3) is 16.6. The number of aliphatic imine (C=N–C) groups is 1. The van der Waals surface area contributed by atoms with Crippen LogP contribution in [0.1, 0.15) is 73.6 Å². The van der Waals surface area contributed by atoms with E-state index < -0.39 is 84.1 Å². The highest BCUT2D eigenvalue weighted by Gasteiger charge is 2.32. The minimum atomic E-state index is -1.40. The molecule has 0 rings (SSSR count). The highest BCUT2D eigenvalue weighted by atomic mass is 16.4. The van der Waals surface area contributed by atoms with E-state index in [0.29, 0.717) is 6.42 Å². The number of carbonyl (C=O) groups excluding carboxylic acids is 5. The molecular formula is C28H51N9O9. The van der Waals surface area contributed by atoms with Crippen molar-refractivity contribution in [3.05, 3.63) is 0 Å². The van der Waals surface area contributed by atoms with Gasteiger partial charge in [-0.3, -0.25) is 38.6 Å². The number of nitrogens with one attached hydrogen (secondary N) is 5. The molecule has 46 heavy (non-hydrogen) atoms. The number of amides is 5. The number of hydrogen-bond acceptors (Lipinski definition) is 9. The van der Waals surface area contributed by atoms with E-state index >= 15 is 0 Å². The fraction of sp³-hybridized carbons (Fsp3) is 0.714. The molecule has 0 spiro atoms. The zero-order valence-electron chi connectivity index (χ0n) is 27.3. The van der Waals surface area contributed by atoms with Gasteiger partial charge in [0.25, 0.3) is 0 Å². The lowest BCUT2D eigenvalue weighted by Crippen LogP contribution is -2.59. The monoisotopic (exact) mass is 657 g/mol. The predicted octanol–water partition coefficient (Wildman–Crippen LogP) is -2.52. The molecule has 0 saturated carbocycles. The summed E-state index contributed by atoms with van der Waals surface area (Å²) in [5.41, 5.74) is 16.5. The van der Waals surface area contributed by atoms with Crippen molar-refractivity contribution in [2.45, 2.75) is 110 Å².